The summed E-state index contributed by atoms with van der Waals surface area (Å²) in [6.45, 7) is 3.89. The van der Waals surface area contributed by atoms with E-state index in [9.17, 15) is 14.4 Å². The molecule has 6 heteroatoms. The standard InChI is InChI=1S/C21H23N3O3/c1-14-7-3-4-8-16(14)15(2)22-19(25)11-12-21(27)24-13-20(26)23-17-9-5-6-10-18(17)24/h3-10,15H,11-13H2,1-2H3,(H,22,25)(H,23,26)/t15-/m1/s1. The van der Waals surface area contributed by atoms with E-state index in [4.69, 9.17) is 0 Å². The molecular formula is C21H23N3O3. The molecule has 1 heterocycles. The lowest BCUT2D eigenvalue weighted by molar-refractivity contribution is -0.126. The van der Waals surface area contributed by atoms with Crippen molar-refractivity contribution < 1.29 is 14.4 Å². The molecule has 1 atom stereocenters. The van der Waals surface area contributed by atoms with E-state index in [0.717, 1.165) is 11.1 Å². The van der Waals surface area contributed by atoms with Crippen molar-refractivity contribution in [1.82, 2.24) is 5.32 Å². The van der Waals surface area contributed by atoms with Crippen molar-refractivity contribution in [2.45, 2.75) is 32.7 Å². The fraction of sp³-hybridized carbons (Fsp3) is 0.286. The third kappa shape index (κ3) is 4.34. The maximum absolute atomic E-state index is 12.6. The molecule has 0 spiro atoms. The maximum Gasteiger partial charge on any atom is 0.244 e. The Kier molecular flexibility index (Phi) is 5.54. The van der Waals surface area contributed by atoms with Crippen LogP contribution in [-0.2, 0) is 14.4 Å². The van der Waals surface area contributed by atoms with Gasteiger partial charge in [0.1, 0.15) is 6.54 Å². The molecule has 140 valence electrons. The Morgan fingerprint density at radius 3 is 2.59 bits per heavy atom. The van der Waals surface area contributed by atoms with Crippen molar-refractivity contribution in [2.75, 3.05) is 16.8 Å². The number of benzene rings is 2. The first-order chi connectivity index (χ1) is 13.0. The maximum atomic E-state index is 12.6. The van der Waals surface area contributed by atoms with Gasteiger partial charge in [0, 0.05) is 12.8 Å². The van der Waals surface area contributed by atoms with Crippen LogP contribution in [0, 0.1) is 6.92 Å². The number of hydrogen-bond donors (Lipinski definition) is 2. The number of amides is 3. The summed E-state index contributed by atoms with van der Waals surface area (Å²) in [5.74, 6) is -0.662. The highest BCUT2D eigenvalue weighted by Crippen LogP contribution is 2.29. The van der Waals surface area contributed by atoms with Gasteiger partial charge in [0.05, 0.1) is 17.4 Å². The predicted octanol–water partition coefficient (Wildman–Crippen LogP) is 2.94. The van der Waals surface area contributed by atoms with Crippen LogP contribution in [0.1, 0.15) is 36.9 Å². The highest BCUT2D eigenvalue weighted by molar-refractivity contribution is 6.10. The molecule has 0 radical (unpaired) electrons. The smallest absolute Gasteiger partial charge is 0.244 e. The van der Waals surface area contributed by atoms with Crippen LogP contribution in [0.5, 0.6) is 0 Å². The van der Waals surface area contributed by atoms with Gasteiger partial charge < -0.3 is 15.5 Å². The molecule has 2 aromatic rings. The van der Waals surface area contributed by atoms with Gasteiger partial charge in [-0.1, -0.05) is 36.4 Å². The zero-order chi connectivity index (χ0) is 19.4. The van der Waals surface area contributed by atoms with Crippen LogP contribution in [0.2, 0.25) is 0 Å². The minimum absolute atomic E-state index is 0.0307. The van der Waals surface area contributed by atoms with Gasteiger partial charge in [-0.3, -0.25) is 14.4 Å². The minimum atomic E-state index is -0.240. The number of hydrogen-bond acceptors (Lipinski definition) is 3. The number of nitrogens with zero attached hydrogens (tertiary/aromatic N) is 1. The van der Waals surface area contributed by atoms with E-state index in [0.29, 0.717) is 11.4 Å². The van der Waals surface area contributed by atoms with E-state index in [1.165, 1.54) is 4.90 Å². The molecular weight excluding hydrogens is 342 g/mol. The van der Waals surface area contributed by atoms with Gasteiger partial charge in [0.2, 0.25) is 17.7 Å². The van der Waals surface area contributed by atoms with Crippen molar-refractivity contribution in [3.63, 3.8) is 0 Å². The number of nitrogens with one attached hydrogen (secondary N) is 2. The van der Waals surface area contributed by atoms with E-state index in [-0.39, 0.29) is 43.1 Å². The molecule has 0 bridgehead atoms. The topological polar surface area (TPSA) is 78.5 Å². The van der Waals surface area contributed by atoms with Crippen molar-refractivity contribution in [1.29, 1.82) is 0 Å². The van der Waals surface area contributed by atoms with Gasteiger partial charge in [0.15, 0.2) is 0 Å². The third-order valence-corrected chi connectivity index (χ3v) is 4.67. The van der Waals surface area contributed by atoms with Crippen LogP contribution in [0.15, 0.2) is 48.5 Å². The summed E-state index contributed by atoms with van der Waals surface area (Å²) in [4.78, 5) is 38.1. The summed E-state index contributed by atoms with van der Waals surface area (Å²) in [6.07, 6.45) is 0.128. The largest absolute Gasteiger partial charge is 0.350 e. The first kappa shape index (κ1) is 18.6. The van der Waals surface area contributed by atoms with Crippen LogP contribution in [0.25, 0.3) is 0 Å². The van der Waals surface area contributed by atoms with E-state index < -0.39 is 0 Å². The average Bonchev–Trinajstić information content (AvgIpc) is 2.65. The number of rotatable bonds is 5. The van der Waals surface area contributed by atoms with Crippen LogP contribution < -0.4 is 15.5 Å². The average molecular weight is 365 g/mol. The Labute approximate surface area is 158 Å². The van der Waals surface area contributed by atoms with Crippen molar-refractivity contribution in [3.8, 4) is 0 Å². The molecule has 0 saturated carbocycles. The van der Waals surface area contributed by atoms with Crippen LogP contribution in [0.4, 0.5) is 11.4 Å². The second-order valence-corrected chi connectivity index (χ2v) is 6.69. The SMILES string of the molecule is Cc1ccccc1[C@@H](C)NC(=O)CCC(=O)N1CC(=O)Nc2ccccc21. The number of carbonyl (C=O) groups excluding carboxylic acids is 3. The quantitative estimate of drug-likeness (QED) is 0.855. The van der Waals surface area contributed by atoms with Crippen LogP contribution in [0.3, 0.4) is 0 Å². The lowest BCUT2D eigenvalue weighted by Crippen LogP contribution is -2.42. The Bertz CT molecular complexity index is 878. The molecule has 3 amide bonds. The van der Waals surface area contributed by atoms with E-state index in [1.807, 2.05) is 44.2 Å². The van der Waals surface area contributed by atoms with Crippen LogP contribution >= 0.6 is 0 Å². The lowest BCUT2D eigenvalue weighted by Gasteiger charge is -2.29. The summed E-state index contributed by atoms with van der Waals surface area (Å²) < 4.78 is 0. The lowest BCUT2D eigenvalue weighted by atomic mass is 10.0. The molecule has 6 nitrogen and oxygen atoms in total. The summed E-state index contributed by atoms with van der Waals surface area (Å²) in [7, 11) is 0. The summed E-state index contributed by atoms with van der Waals surface area (Å²) in [5.41, 5.74) is 3.44. The fourth-order valence-electron chi connectivity index (χ4n) is 3.28. The molecule has 1 aliphatic heterocycles. The van der Waals surface area contributed by atoms with Crippen molar-refractivity contribution in [2.24, 2.45) is 0 Å². The molecule has 1 aliphatic rings. The molecule has 0 unspecified atom stereocenters. The fourth-order valence-corrected chi connectivity index (χ4v) is 3.28. The van der Waals surface area contributed by atoms with Gasteiger partial charge in [-0.05, 0) is 37.1 Å². The Balaban J connectivity index is 1.59. The molecule has 0 saturated heterocycles. The third-order valence-electron chi connectivity index (χ3n) is 4.67. The molecule has 3 rings (SSSR count). The second-order valence-electron chi connectivity index (χ2n) is 6.69. The van der Waals surface area contributed by atoms with Crippen molar-refractivity contribution in [3.05, 3.63) is 59.7 Å². The van der Waals surface area contributed by atoms with Crippen LogP contribution in [-0.4, -0.2) is 24.3 Å². The zero-order valence-electron chi connectivity index (χ0n) is 15.5. The number of para-hydroxylation sites is 2. The molecule has 0 aromatic heterocycles. The van der Waals surface area contributed by atoms with Gasteiger partial charge >= 0.3 is 0 Å². The Morgan fingerprint density at radius 2 is 1.81 bits per heavy atom. The van der Waals surface area contributed by atoms with Gasteiger partial charge in [-0.25, -0.2) is 0 Å². The summed E-state index contributed by atoms with van der Waals surface area (Å²) in [5, 5.41) is 5.68. The molecule has 27 heavy (non-hydrogen) atoms. The van der Waals surface area contributed by atoms with E-state index in [1.54, 1.807) is 18.2 Å². The minimum Gasteiger partial charge on any atom is -0.350 e. The van der Waals surface area contributed by atoms with Gasteiger partial charge in [-0.15, -0.1) is 0 Å². The van der Waals surface area contributed by atoms with Crippen molar-refractivity contribution >= 4 is 29.1 Å². The molecule has 2 aromatic carbocycles. The Morgan fingerprint density at radius 1 is 1.11 bits per heavy atom. The second kappa shape index (κ2) is 8.03. The number of aryl methyl sites for hydroxylation is 1. The number of fused-ring (bicyclic) bond motifs is 1. The van der Waals surface area contributed by atoms with E-state index >= 15 is 0 Å². The zero-order valence-corrected chi connectivity index (χ0v) is 15.5. The van der Waals surface area contributed by atoms with E-state index in [2.05, 4.69) is 10.6 Å². The molecule has 2 N–H and O–H groups in total. The van der Waals surface area contributed by atoms with Gasteiger partial charge in [-0.2, -0.15) is 0 Å². The molecule has 0 fully saturated rings. The normalized spacial score (nSPS) is 14.1. The summed E-state index contributed by atoms with van der Waals surface area (Å²) >= 11 is 0. The predicted molar refractivity (Wildman–Crippen MR) is 104 cm³/mol. The first-order valence-corrected chi connectivity index (χ1v) is 9.00. The Hall–Kier alpha value is -3.15. The summed E-state index contributed by atoms with van der Waals surface area (Å²) in [6, 6.07) is 14.9. The van der Waals surface area contributed by atoms with Gasteiger partial charge in [0.25, 0.3) is 0 Å². The monoisotopic (exact) mass is 365 g/mol. The first-order valence-electron chi connectivity index (χ1n) is 9.00. The highest BCUT2D eigenvalue weighted by Gasteiger charge is 2.26. The highest BCUT2D eigenvalue weighted by atomic mass is 16.2. The molecule has 0 aliphatic carbocycles. The number of anilines is 2. The number of carbonyl (C=O) groups is 3.